The van der Waals surface area contributed by atoms with Crippen LogP contribution >= 0.6 is 11.3 Å². The molecule has 0 spiro atoms. The van der Waals surface area contributed by atoms with Crippen LogP contribution in [0.2, 0.25) is 0 Å². The summed E-state index contributed by atoms with van der Waals surface area (Å²) < 4.78 is 43.7. The Hall–Kier alpha value is -1.93. The topological polar surface area (TPSA) is 54.7 Å². The van der Waals surface area contributed by atoms with Gasteiger partial charge in [-0.1, -0.05) is 13.3 Å². The number of hydrogen-bond donors (Lipinski definition) is 1. The predicted octanol–water partition coefficient (Wildman–Crippen LogP) is 6.14. The molecule has 0 radical (unpaired) electrons. The molecule has 0 amide bonds. The molecule has 1 aromatic carbocycles. The van der Waals surface area contributed by atoms with Crippen LogP contribution in [0.4, 0.5) is 18.9 Å². The molecule has 0 aliphatic rings. The molecule has 148 valence electrons. The number of hydrogen-bond acceptors (Lipinski definition) is 5. The summed E-state index contributed by atoms with van der Waals surface area (Å²) in [6, 6.07) is 1.50. The van der Waals surface area contributed by atoms with E-state index in [4.69, 9.17) is 0 Å². The van der Waals surface area contributed by atoms with Crippen LogP contribution in [0.5, 0.6) is 5.75 Å². The standard InChI is InChI=1S/C19H23F3N2O2S/c1-6-7-11(2)24-15-12(3)13(17-23-8-9-27-17)10-14(18(4,5)25)16(15)26-19(20,21)22/h8-10,25H,6-7H2,1-5H3. The number of aliphatic hydroxyl groups is 1. The first kappa shape index (κ1) is 21.4. The molecule has 1 heterocycles. The van der Waals surface area contributed by atoms with E-state index in [0.29, 0.717) is 28.3 Å². The van der Waals surface area contributed by atoms with Crippen molar-refractivity contribution in [3.8, 4) is 16.3 Å². The summed E-state index contributed by atoms with van der Waals surface area (Å²) >= 11 is 1.36. The van der Waals surface area contributed by atoms with Crippen LogP contribution < -0.4 is 4.74 Å². The highest BCUT2D eigenvalue weighted by Crippen LogP contribution is 2.47. The molecule has 1 N–H and O–H groups in total. The Morgan fingerprint density at radius 3 is 2.48 bits per heavy atom. The summed E-state index contributed by atoms with van der Waals surface area (Å²) in [5.41, 5.74) is 0.350. The Kier molecular flexibility index (Phi) is 6.32. The van der Waals surface area contributed by atoms with E-state index < -0.39 is 17.7 Å². The number of aliphatic imine (C=N–C) groups is 1. The van der Waals surface area contributed by atoms with E-state index in [2.05, 4.69) is 14.7 Å². The third-order valence-corrected chi connectivity index (χ3v) is 4.77. The van der Waals surface area contributed by atoms with Gasteiger partial charge in [-0.25, -0.2) is 4.98 Å². The van der Waals surface area contributed by atoms with E-state index in [1.807, 2.05) is 6.92 Å². The number of aromatic nitrogens is 1. The largest absolute Gasteiger partial charge is 0.573 e. The van der Waals surface area contributed by atoms with Crippen LogP contribution in [-0.4, -0.2) is 22.2 Å². The lowest BCUT2D eigenvalue weighted by Crippen LogP contribution is -2.23. The van der Waals surface area contributed by atoms with E-state index in [1.165, 1.54) is 31.3 Å². The maximum atomic E-state index is 13.1. The molecule has 8 heteroatoms. The maximum absolute atomic E-state index is 13.1. The average molecular weight is 400 g/mol. The lowest BCUT2D eigenvalue weighted by atomic mass is 9.91. The van der Waals surface area contributed by atoms with Gasteiger partial charge in [0.25, 0.3) is 0 Å². The number of alkyl halides is 3. The highest BCUT2D eigenvalue weighted by molar-refractivity contribution is 7.13. The Labute approximate surface area is 160 Å². The number of halogens is 3. The van der Waals surface area contributed by atoms with Gasteiger partial charge < -0.3 is 9.84 Å². The average Bonchev–Trinajstić information content (AvgIpc) is 3.02. The van der Waals surface area contributed by atoms with Crippen molar-refractivity contribution in [2.75, 3.05) is 0 Å². The molecule has 0 fully saturated rings. The van der Waals surface area contributed by atoms with Crippen LogP contribution in [0.3, 0.4) is 0 Å². The molecule has 2 rings (SSSR count). The number of rotatable bonds is 6. The SMILES string of the molecule is CCCC(C)=Nc1c(C)c(-c2nccs2)cc(C(C)(C)O)c1OC(F)(F)F. The van der Waals surface area contributed by atoms with E-state index in [9.17, 15) is 18.3 Å². The number of nitrogens with zero attached hydrogens (tertiary/aromatic N) is 2. The van der Waals surface area contributed by atoms with Crippen molar-refractivity contribution in [2.24, 2.45) is 4.99 Å². The van der Waals surface area contributed by atoms with E-state index in [-0.39, 0.29) is 11.3 Å². The normalized spacial score (nSPS) is 13.1. The van der Waals surface area contributed by atoms with Gasteiger partial charge in [0.2, 0.25) is 0 Å². The molecule has 0 atom stereocenters. The first-order valence-electron chi connectivity index (χ1n) is 8.54. The van der Waals surface area contributed by atoms with Gasteiger partial charge in [0, 0.05) is 28.4 Å². The summed E-state index contributed by atoms with van der Waals surface area (Å²) in [5, 5.41) is 13.0. The lowest BCUT2D eigenvalue weighted by molar-refractivity contribution is -0.275. The molecule has 2 aromatic rings. The van der Waals surface area contributed by atoms with Crippen molar-refractivity contribution in [3.05, 3.63) is 28.8 Å². The zero-order valence-electron chi connectivity index (χ0n) is 15.9. The van der Waals surface area contributed by atoms with Crippen molar-refractivity contribution in [3.63, 3.8) is 0 Å². The number of ether oxygens (including phenoxy) is 1. The monoisotopic (exact) mass is 400 g/mol. The maximum Gasteiger partial charge on any atom is 0.573 e. The molecular weight excluding hydrogens is 377 g/mol. The molecular formula is C19H23F3N2O2S. The lowest BCUT2D eigenvalue weighted by Gasteiger charge is -2.26. The minimum atomic E-state index is -4.90. The summed E-state index contributed by atoms with van der Waals surface area (Å²) in [7, 11) is 0. The van der Waals surface area contributed by atoms with Gasteiger partial charge in [-0.2, -0.15) is 0 Å². The number of thiazole rings is 1. The quantitative estimate of drug-likeness (QED) is 0.593. The molecule has 0 aliphatic heterocycles. The van der Waals surface area contributed by atoms with Gasteiger partial charge >= 0.3 is 6.36 Å². The van der Waals surface area contributed by atoms with Crippen molar-refractivity contribution in [1.29, 1.82) is 0 Å². The Morgan fingerprint density at radius 2 is 2.00 bits per heavy atom. The van der Waals surface area contributed by atoms with Crippen LogP contribution in [0.25, 0.3) is 10.6 Å². The van der Waals surface area contributed by atoms with Crippen molar-refractivity contribution >= 4 is 22.7 Å². The summed E-state index contributed by atoms with van der Waals surface area (Å²) in [6.07, 6.45) is -1.83. The second kappa shape index (κ2) is 7.98. The van der Waals surface area contributed by atoms with Gasteiger partial charge in [0.15, 0.2) is 5.75 Å². The van der Waals surface area contributed by atoms with Crippen LogP contribution in [-0.2, 0) is 5.60 Å². The van der Waals surface area contributed by atoms with Crippen LogP contribution in [0.15, 0.2) is 22.6 Å². The molecule has 1 aromatic heterocycles. The highest BCUT2D eigenvalue weighted by Gasteiger charge is 2.37. The molecule has 27 heavy (non-hydrogen) atoms. The van der Waals surface area contributed by atoms with Gasteiger partial charge in [0.05, 0.1) is 5.60 Å². The molecule has 0 aliphatic carbocycles. The van der Waals surface area contributed by atoms with Gasteiger partial charge in [-0.05, 0) is 45.7 Å². The minimum absolute atomic E-state index is 0.0127. The van der Waals surface area contributed by atoms with E-state index >= 15 is 0 Å². The van der Waals surface area contributed by atoms with E-state index in [1.54, 1.807) is 25.4 Å². The van der Waals surface area contributed by atoms with Crippen molar-refractivity contribution in [2.45, 2.75) is 59.4 Å². The van der Waals surface area contributed by atoms with Gasteiger partial charge in [-0.15, -0.1) is 24.5 Å². The second-order valence-electron chi connectivity index (χ2n) is 6.82. The Morgan fingerprint density at radius 1 is 1.33 bits per heavy atom. The minimum Gasteiger partial charge on any atom is -0.403 e. The van der Waals surface area contributed by atoms with Crippen LogP contribution in [0, 0.1) is 6.92 Å². The Bertz CT molecular complexity index is 823. The highest BCUT2D eigenvalue weighted by atomic mass is 32.1. The van der Waals surface area contributed by atoms with Crippen molar-refractivity contribution < 1.29 is 23.0 Å². The molecule has 0 unspecified atom stereocenters. The molecule has 0 bridgehead atoms. The van der Waals surface area contributed by atoms with Gasteiger partial charge in [0.1, 0.15) is 10.7 Å². The molecule has 0 saturated carbocycles. The summed E-state index contributed by atoms with van der Waals surface area (Å²) in [6.45, 7) is 8.25. The second-order valence-corrected chi connectivity index (χ2v) is 7.71. The Balaban J connectivity index is 2.86. The third kappa shape index (κ3) is 5.29. The molecule has 4 nitrogen and oxygen atoms in total. The first-order chi connectivity index (χ1) is 12.4. The fourth-order valence-electron chi connectivity index (χ4n) is 2.74. The fourth-order valence-corrected chi connectivity index (χ4v) is 3.45. The number of benzene rings is 1. The first-order valence-corrected chi connectivity index (χ1v) is 9.42. The molecule has 0 saturated heterocycles. The zero-order chi connectivity index (χ0) is 20.4. The zero-order valence-corrected chi connectivity index (χ0v) is 16.8. The summed E-state index contributed by atoms with van der Waals surface area (Å²) in [5.74, 6) is -0.469. The third-order valence-electron chi connectivity index (χ3n) is 3.96. The van der Waals surface area contributed by atoms with E-state index in [0.717, 1.165) is 6.42 Å². The van der Waals surface area contributed by atoms with Crippen molar-refractivity contribution in [1.82, 2.24) is 4.98 Å². The fraction of sp³-hybridized carbons (Fsp3) is 0.474. The summed E-state index contributed by atoms with van der Waals surface area (Å²) in [4.78, 5) is 8.69. The predicted molar refractivity (Wildman–Crippen MR) is 102 cm³/mol. The van der Waals surface area contributed by atoms with Gasteiger partial charge in [-0.3, -0.25) is 4.99 Å². The van der Waals surface area contributed by atoms with Crippen LogP contribution in [0.1, 0.15) is 51.7 Å². The smallest absolute Gasteiger partial charge is 0.403 e.